The Balaban J connectivity index is 2.82. The zero-order chi connectivity index (χ0) is 14.2. The summed E-state index contributed by atoms with van der Waals surface area (Å²) in [6.07, 6.45) is 0. The number of para-hydroxylation sites is 1. The number of fused-ring (bicyclic) bond motifs is 1. The first-order valence-corrected chi connectivity index (χ1v) is 6.21. The lowest BCUT2D eigenvalue weighted by molar-refractivity contribution is 0.0602. The van der Waals surface area contributed by atoms with Crippen LogP contribution in [0, 0.1) is 12.8 Å². The van der Waals surface area contributed by atoms with Crippen molar-refractivity contribution in [3.05, 3.63) is 35.5 Å². The molecule has 0 aliphatic heterocycles. The number of ether oxygens (including phenoxy) is 1. The van der Waals surface area contributed by atoms with E-state index in [4.69, 9.17) is 4.74 Å². The Morgan fingerprint density at radius 2 is 1.84 bits per heavy atom. The first-order valence-electron chi connectivity index (χ1n) is 6.21. The van der Waals surface area contributed by atoms with Crippen molar-refractivity contribution in [3.8, 4) is 0 Å². The zero-order valence-corrected chi connectivity index (χ0v) is 11.6. The normalized spacial score (nSPS) is 11.0. The van der Waals surface area contributed by atoms with E-state index in [0.29, 0.717) is 11.3 Å². The van der Waals surface area contributed by atoms with Crippen molar-refractivity contribution in [3.63, 3.8) is 0 Å². The van der Waals surface area contributed by atoms with Crippen molar-refractivity contribution in [2.24, 2.45) is 5.92 Å². The quantitative estimate of drug-likeness (QED) is 0.779. The molecule has 0 aliphatic rings. The summed E-state index contributed by atoms with van der Waals surface area (Å²) in [4.78, 5) is 24.2. The molecule has 0 atom stereocenters. The first-order chi connectivity index (χ1) is 8.99. The second kappa shape index (κ2) is 4.88. The summed E-state index contributed by atoms with van der Waals surface area (Å²) in [5.41, 5.74) is 1.85. The lowest BCUT2D eigenvalue weighted by Gasteiger charge is -2.09. The predicted molar refractivity (Wildman–Crippen MR) is 73.5 cm³/mol. The van der Waals surface area contributed by atoms with Crippen LogP contribution in [0.2, 0.25) is 0 Å². The molecule has 0 bridgehead atoms. The molecule has 0 saturated carbocycles. The Hall–Kier alpha value is -2.10. The summed E-state index contributed by atoms with van der Waals surface area (Å²) < 4.78 is 6.42. The molecule has 1 aromatic carbocycles. The Bertz CT molecular complexity index is 653. The Labute approximate surface area is 112 Å². The van der Waals surface area contributed by atoms with Crippen molar-refractivity contribution in [1.29, 1.82) is 0 Å². The lowest BCUT2D eigenvalue weighted by atomic mass is 10.1. The van der Waals surface area contributed by atoms with Gasteiger partial charge in [-0.3, -0.25) is 9.36 Å². The summed E-state index contributed by atoms with van der Waals surface area (Å²) >= 11 is 0. The minimum Gasteiger partial charge on any atom is -0.465 e. The molecule has 4 heteroatoms. The van der Waals surface area contributed by atoms with Crippen LogP contribution in [0.4, 0.5) is 0 Å². The largest absolute Gasteiger partial charge is 0.465 e. The molecular weight excluding hydrogens is 242 g/mol. The Morgan fingerprint density at radius 1 is 1.21 bits per heavy atom. The van der Waals surface area contributed by atoms with Gasteiger partial charge in [-0.05, 0) is 13.0 Å². The van der Waals surface area contributed by atoms with Gasteiger partial charge < -0.3 is 4.74 Å². The van der Waals surface area contributed by atoms with Gasteiger partial charge in [0.1, 0.15) is 0 Å². The van der Waals surface area contributed by atoms with Crippen LogP contribution < -0.4 is 0 Å². The number of carbonyl (C=O) groups excluding carboxylic acids is 2. The zero-order valence-electron chi connectivity index (χ0n) is 11.6. The minimum absolute atomic E-state index is 0.0242. The van der Waals surface area contributed by atoms with Crippen LogP contribution >= 0.6 is 0 Å². The van der Waals surface area contributed by atoms with Crippen molar-refractivity contribution in [2.75, 3.05) is 7.11 Å². The number of aromatic nitrogens is 1. The van der Waals surface area contributed by atoms with Gasteiger partial charge >= 0.3 is 5.97 Å². The molecule has 0 radical (unpaired) electrons. The number of esters is 1. The van der Waals surface area contributed by atoms with Gasteiger partial charge in [0.15, 0.2) is 0 Å². The number of methoxy groups -OCH3 is 1. The van der Waals surface area contributed by atoms with Gasteiger partial charge in [-0.1, -0.05) is 32.0 Å². The fraction of sp³-hybridized carbons (Fsp3) is 0.333. The van der Waals surface area contributed by atoms with Crippen LogP contribution in [-0.4, -0.2) is 23.6 Å². The standard InChI is InChI=1S/C15H17NO3/c1-9(2)14(17)16-10(3)13(15(18)19-4)11-7-5-6-8-12(11)16/h5-9H,1-4H3. The maximum atomic E-state index is 12.3. The van der Waals surface area contributed by atoms with E-state index in [2.05, 4.69) is 0 Å². The van der Waals surface area contributed by atoms with Gasteiger partial charge in [-0.15, -0.1) is 0 Å². The fourth-order valence-electron chi connectivity index (χ4n) is 2.27. The molecule has 0 spiro atoms. The van der Waals surface area contributed by atoms with Crippen LogP contribution in [0.1, 0.15) is 34.7 Å². The molecule has 0 saturated heterocycles. The maximum absolute atomic E-state index is 12.3. The summed E-state index contributed by atoms with van der Waals surface area (Å²) in [7, 11) is 1.35. The number of hydrogen-bond donors (Lipinski definition) is 0. The summed E-state index contributed by atoms with van der Waals surface area (Å²) in [5, 5.41) is 0.751. The molecule has 4 nitrogen and oxygen atoms in total. The summed E-state index contributed by atoms with van der Waals surface area (Å²) in [6.45, 7) is 5.45. The van der Waals surface area contributed by atoms with Gasteiger partial charge in [-0.25, -0.2) is 4.79 Å². The van der Waals surface area contributed by atoms with Crippen molar-refractivity contribution in [1.82, 2.24) is 4.57 Å². The van der Waals surface area contributed by atoms with E-state index >= 15 is 0 Å². The van der Waals surface area contributed by atoms with E-state index in [1.165, 1.54) is 7.11 Å². The highest BCUT2D eigenvalue weighted by atomic mass is 16.5. The molecule has 1 heterocycles. The fourth-order valence-corrected chi connectivity index (χ4v) is 2.27. The highest BCUT2D eigenvalue weighted by Crippen LogP contribution is 2.27. The average Bonchev–Trinajstić information content (AvgIpc) is 2.69. The van der Waals surface area contributed by atoms with Crippen molar-refractivity contribution >= 4 is 22.8 Å². The van der Waals surface area contributed by atoms with Gasteiger partial charge in [0.2, 0.25) is 5.91 Å². The highest BCUT2D eigenvalue weighted by Gasteiger charge is 2.24. The first kappa shape index (κ1) is 13.3. The number of nitrogens with zero attached hydrogens (tertiary/aromatic N) is 1. The second-order valence-electron chi connectivity index (χ2n) is 4.80. The van der Waals surface area contributed by atoms with Crippen LogP contribution in [-0.2, 0) is 4.74 Å². The van der Waals surface area contributed by atoms with Crippen LogP contribution in [0.15, 0.2) is 24.3 Å². The molecule has 2 rings (SSSR count). The number of benzene rings is 1. The van der Waals surface area contributed by atoms with E-state index in [-0.39, 0.29) is 11.8 Å². The lowest BCUT2D eigenvalue weighted by Crippen LogP contribution is -2.18. The van der Waals surface area contributed by atoms with Gasteiger partial charge in [0.25, 0.3) is 0 Å². The number of hydrogen-bond acceptors (Lipinski definition) is 3. The molecule has 2 aromatic rings. The minimum atomic E-state index is -0.413. The van der Waals surface area contributed by atoms with Gasteiger partial charge in [-0.2, -0.15) is 0 Å². The molecule has 0 unspecified atom stereocenters. The molecule has 0 fully saturated rings. The third-order valence-electron chi connectivity index (χ3n) is 3.22. The van der Waals surface area contributed by atoms with Crippen molar-refractivity contribution < 1.29 is 14.3 Å². The maximum Gasteiger partial charge on any atom is 0.340 e. The molecule has 0 amide bonds. The molecule has 1 aromatic heterocycles. The monoisotopic (exact) mass is 259 g/mol. The van der Waals surface area contributed by atoms with E-state index in [1.54, 1.807) is 11.5 Å². The van der Waals surface area contributed by atoms with E-state index in [1.807, 2.05) is 38.1 Å². The summed E-state index contributed by atoms with van der Waals surface area (Å²) in [6, 6.07) is 7.37. The van der Waals surface area contributed by atoms with Crippen molar-refractivity contribution in [2.45, 2.75) is 20.8 Å². The van der Waals surface area contributed by atoms with Gasteiger partial charge in [0.05, 0.1) is 18.2 Å². The molecule has 100 valence electrons. The Kier molecular flexibility index (Phi) is 3.42. The topological polar surface area (TPSA) is 48.3 Å². The average molecular weight is 259 g/mol. The highest BCUT2D eigenvalue weighted by molar-refractivity contribution is 6.09. The van der Waals surface area contributed by atoms with E-state index < -0.39 is 5.97 Å². The number of rotatable bonds is 2. The van der Waals surface area contributed by atoms with Crippen LogP contribution in [0.25, 0.3) is 10.9 Å². The predicted octanol–water partition coefficient (Wildman–Crippen LogP) is 3.03. The smallest absolute Gasteiger partial charge is 0.340 e. The second-order valence-corrected chi connectivity index (χ2v) is 4.80. The SMILES string of the molecule is COC(=O)c1c(C)n(C(=O)C(C)C)c2ccccc12. The molecule has 19 heavy (non-hydrogen) atoms. The Morgan fingerprint density at radius 3 is 2.42 bits per heavy atom. The molecule has 0 aliphatic carbocycles. The van der Waals surface area contributed by atoms with E-state index in [0.717, 1.165) is 10.9 Å². The molecule has 0 N–H and O–H groups in total. The third kappa shape index (κ3) is 2.03. The van der Waals surface area contributed by atoms with Gasteiger partial charge in [0, 0.05) is 17.0 Å². The van der Waals surface area contributed by atoms with E-state index in [9.17, 15) is 9.59 Å². The molecular formula is C15H17NO3. The summed E-state index contributed by atoms with van der Waals surface area (Å²) in [5.74, 6) is -0.576. The van der Waals surface area contributed by atoms with Crippen LogP contribution in [0.5, 0.6) is 0 Å². The third-order valence-corrected chi connectivity index (χ3v) is 3.22. The van der Waals surface area contributed by atoms with Crippen LogP contribution in [0.3, 0.4) is 0 Å². The number of carbonyl (C=O) groups is 2.